The van der Waals surface area contributed by atoms with Gasteiger partial charge in [0.1, 0.15) is 5.75 Å². The third-order valence-corrected chi connectivity index (χ3v) is 2.69. The van der Waals surface area contributed by atoms with Gasteiger partial charge in [-0.3, -0.25) is 4.79 Å². The summed E-state index contributed by atoms with van der Waals surface area (Å²) in [6.45, 7) is 0. The monoisotopic (exact) mass is 242 g/mol. The number of phenolic OH excluding ortho intramolecular Hbond substituents is 1. The molecule has 0 fully saturated rings. The molecule has 0 atom stereocenters. The van der Waals surface area contributed by atoms with Crippen LogP contribution in [0.2, 0.25) is 0 Å². The van der Waals surface area contributed by atoms with Crippen LogP contribution in [0.15, 0.2) is 54.6 Å². The zero-order valence-corrected chi connectivity index (χ0v) is 9.47. The highest BCUT2D eigenvalue weighted by Crippen LogP contribution is 2.18. The van der Waals surface area contributed by atoms with E-state index >= 15 is 0 Å². The van der Waals surface area contributed by atoms with Gasteiger partial charge in [-0.25, -0.2) is 0 Å². The molecular formula is C16H18O2. The molecule has 1 N–H and O–H groups in total. The largest absolute Gasteiger partial charge is 0.507 e. The van der Waals surface area contributed by atoms with Crippen LogP contribution in [0, 0.1) is 0 Å². The van der Waals surface area contributed by atoms with E-state index < -0.39 is 0 Å². The summed E-state index contributed by atoms with van der Waals surface area (Å²) >= 11 is 0. The summed E-state index contributed by atoms with van der Waals surface area (Å²) in [4.78, 5) is 11.9. The van der Waals surface area contributed by atoms with E-state index in [2.05, 4.69) is 0 Å². The van der Waals surface area contributed by atoms with Crippen molar-refractivity contribution < 1.29 is 9.90 Å². The molecule has 0 saturated heterocycles. The van der Waals surface area contributed by atoms with Gasteiger partial charge in [0.25, 0.3) is 0 Å². The van der Waals surface area contributed by atoms with Gasteiger partial charge in [0.15, 0.2) is 5.78 Å². The molecule has 18 heavy (non-hydrogen) atoms. The van der Waals surface area contributed by atoms with Gasteiger partial charge in [-0.05, 0) is 24.1 Å². The minimum absolute atomic E-state index is 0. The van der Waals surface area contributed by atoms with Crippen molar-refractivity contribution in [3.63, 3.8) is 0 Å². The second-order valence-corrected chi connectivity index (χ2v) is 3.93. The molecule has 2 nitrogen and oxygen atoms in total. The molecule has 2 aromatic carbocycles. The maximum Gasteiger partial charge on any atom is 0.166 e. The minimum Gasteiger partial charge on any atom is -0.507 e. The number of rotatable bonds is 4. The van der Waals surface area contributed by atoms with E-state index in [-0.39, 0.29) is 19.0 Å². The first-order valence-electron chi connectivity index (χ1n) is 5.62. The number of benzene rings is 2. The first-order chi connectivity index (χ1) is 8.27. The van der Waals surface area contributed by atoms with Crippen LogP contribution in [0.25, 0.3) is 0 Å². The van der Waals surface area contributed by atoms with Gasteiger partial charge in [0.2, 0.25) is 0 Å². The predicted octanol–water partition coefficient (Wildman–Crippen LogP) is 3.84. The van der Waals surface area contributed by atoms with Crippen LogP contribution in [0.5, 0.6) is 5.75 Å². The van der Waals surface area contributed by atoms with Crippen molar-refractivity contribution in [3.8, 4) is 5.75 Å². The Morgan fingerprint density at radius 3 is 2.22 bits per heavy atom. The fourth-order valence-corrected chi connectivity index (χ4v) is 1.75. The smallest absolute Gasteiger partial charge is 0.166 e. The van der Waals surface area contributed by atoms with Crippen LogP contribution in [0.3, 0.4) is 0 Å². The van der Waals surface area contributed by atoms with E-state index in [4.69, 9.17) is 0 Å². The Balaban J connectivity index is 0.00000162. The fraction of sp³-hybridized carbons (Fsp3) is 0.188. The predicted molar refractivity (Wildman–Crippen MR) is 73.9 cm³/mol. The van der Waals surface area contributed by atoms with Crippen molar-refractivity contribution in [2.45, 2.75) is 20.3 Å². The fourth-order valence-electron chi connectivity index (χ4n) is 1.75. The van der Waals surface area contributed by atoms with Crippen molar-refractivity contribution in [2.75, 3.05) is 0 Å². The summed E-state index contributed by atoms with van der Waals surface area (Å²) in [6.07, 6.45) is 1.12. The topological polar surface area (TPSA) is 37.3 Å². The van der Waals surface area contributed by atoms with E-state index in [0.29, 0.717) is 18.4 Å². The van der Waals surface area contributed by atoms with Crippen LogP contribution in [-0.2, 0) is 6.42 Å². The summed E-state index contributed by atoms with van der Waals surface area (Å²) in [5.74, 6) is 0.0394. The van der Waals surface area contributed by atoms with Crippen molar-refractivity contribution in [1.29, 1.82) is 0 Å². The van der Waals surface area contributed by atoms with E-state index in [1.807, 2.05) is 30.3 Å². The maximum atomic E-state index is 11.9. The number of para-hydroxylation sites is 1. The quantitative estimate of drug-likeness (QED) is 0.827. The van der Waals surface area contributed by atoms with E-state index in [0.717, 1.165) is 5.56 Å². The number of ketones is 1. The highest BCUT2D eigenvalue weighted by molar-refractivity contribution is 5.98. The first-order valence-corrected chi connectivity index (χ1v) is 5.62. The molecule has 2 rings (SSSR count). The zero-order chi connectivity index (χ0) is 12.1. The zero-order valence-electron chi connectivity index (χ0n) is 9.47. The molecule has 2 aromatic rings. The summed E-state index contributed by atoms with van der Waals surface area (Å²) < 4.78 is 0. The molecule has 0 unspecified atom stereocenters. The Morgan fingerprint density at radius 2 is 1.56 bits per heavy atom. The van der Waals surface area contributed by atoms with Crippen LogP contribution >= 0.6 is 0 Å². The van der Waals surface area contributed by atoms with Crippen molar-refractivity contribution in [1.82, 2.24) is 0 Å². The van der Waals surface area contributed by atoms with E-state index in [1.54, 1.807) is 18.2 Å². The lowest BCUT2D eigenvalue weighted by Gasteiger charge is -2.03. The van der Waals surface area contributed by atoms with Gasteiger partial charge in [-0.1, -0.05) is 49.9 Å². The summed E-state index contributed by atoms with van der Waals surface area (Å²) in [6, 6.07) is 16.5. The Hall–Kier alpha value is -2.09. The highest BCUT2D eigenvalue weighted by Gasteiger charge is 2.09. The molecule has 0 aliphatic rings. The standard InChI is InChI=1S/C15H14O2.CH4/c16-14-9-5-4-8-13(14)15(17)11-10-12-6-2-1-3-7-12;/h1-9,16H,10-11H2;1H4. The number of hydrogen-bond donors (Lipinski definition) is 1. The van der Waals surface area contributed by atoms with E-state index in [9.17, 15) is 9.90 Å². The second-order valence-electron chi connectivity index (χ2n) is 3.93. The minimum atomic E-state index is -0.0213. The summed E-state index contributed by atoms with van der Waals surface area (Å²) in [7, 11) is 0. The summed E-state index contributed by atoms with van der Waals surface area (Å²) in [5, 5.41) is 9.56. The molecule has 0 aliphatic carbocycles. The first kappa shape index (κ1) is 14.0. The Kier molecular flexibility index (Phi) is 5.12. The van der Waals surface area contributed by atoms with Crippen molar-refractivity contribution in [3.05, 3.63) is 65.7 Å². The van der Waals surface area contributed by atoms with Gasteiger partial charge in [-0.15, -0.1) is 0 Å². The van der Waals surface area contributed by atoms with Gasteiger partial charge in [-0.2, -0.15) is 0 Å². The molecule has 0 saturated carbocycles. The lowest BCUT2D eigenvalue weighted by molar-refractivity contribution is 0.0980. The molecular weight excluding hydrogens is 224 g/mol. The SMILES string of the molecule is C.O=C(CCc1ccccc1)c1ccccc1O. The lowest BCUT2D eigenvalue weighted by atomic mass is 10.0. The average Bonchev–Trinajstić information content (AvgIpc) is 2.38. The van der Waals surface area contributed by atoms with Gasteiger partial charge in [0, 0.05) is 6.42 Å². The Bertz CT molecular complexity index is 504. The number of aromatic hydroxyl groups is 1. The van der Waals surface area contributed by atoms with Crippen LogP contribution in [0.1, 0.15) is 29.8 Å². The van der Waals surface area contributed by atoms with Crippen LogP contribution in [0.4, 0.5) is 0 Å². The number of carbonyl (C=O) groups excluding carboxylic acids is 1. The number of hydrogen-bond acceptors (Lipinski definition) is 2. The highest BCUT2D eigenvalue weighted by atomic mass is 16.3. The molecule has 0 spiro atoms. The third kappa shape index (κ3) is 3.45. The third-order valence-electron chi connectivity index (χ3n) is 2.69. The van der Waals surface area contributed by atoms with E-state index in [1.165, 1.54) is 6.07 Å². The molecule has 0 amide bonds. The second kappa shape index (κ2) is 6.60. The molecule has 94 valence electrons. The Morgan fingerprint density at radius 1 is 0.944 bits per heavy atom. The van der Waals surface area contributed by atoms with Gasteiger partial charge in [0.05, 0.1) is 5.56 Å². The molecule has 0 bridgehead atoms. The number of carbonyl (C=O) groups is 1. The number of Topliss-reactive ketones (excluding diaryl/α,β-unsaturated/α-hetero) is 1. The lowest BCUT2D eigenvalue weighted by Crippen LogP contribution is -2.01. The van der Waals surface area contributed by atoms with Crippen molar-refractivity contribution >= 4 is 5.78 Å². The molecule has 2 heteroatoms. The average molecular weight is 242 g/mol. The molecule has 0 heterocycles. The number of phenols is 1. The normalized spacial score (nSPS) is 9.56. The Labute approximate surface area is 108 Å². The number of aryl methyl sites for hydroxylation is 1. The maximum absolute atomic E-state index is 11.9. The van der Waals surface area contributed by atoms with Crippen LogP contribution < -0.4 is 0 Å². The van der Waals surface area contributed by atoms with Gasteiger partial charge >= 0.3 is 0 Å². The van der Waals surface area contributed by atoms with Crippen molar-refractivity contribution in [2.24, 2.45) is 0 Å². The molecule has 0 aliphatic heterocycles. The van der Waals surface area contributed by atoms with Crippen LogP contribution in [-0.4, -0.2) is 10.9 Å². The molecule has 0 aromatic heterocycles. The summed E-state index contributed by atoms with van der Waals surface area (Å²) in [5.41, 5.74) is 1.54. The molecule has 0 radical (unpaired) electrons. The van der Waals surface area contributed by atoms with Gasteiger partial charge < -0.3 is 5.11 Å².